The van der Waals surface area contributed by atoms with Gasteiger partial charge in [-0.2, -0.15) is 0 Å². The molecular formula is C28H40OS. The summed E-state index contributed by atoms with van der Waals surface area (Å²) in [4.78, 5) is 1.35. The third-order valence-corrected chi connectivity index (χ3v) is 6.30. The van der Waals surface area contributed by atoms with Gasteiger partial charge in [-0.1, -0.05) is 95.2 Å². The third kappa shape index (κ3) is 10.4. The monoisotopic (exact) mass is 424 g/mol. The molecule has 2 aromatic carbocycles. The van der Waals surface area contributed by atoms with E-state index in [1.807, 2.05) is 11.8 Å². The molecule has 1 nitrogen and oxygen atoms in total. The van der Waals surface area contributed by atoms with Gasteiger partial charge >= 0.3 is 0 Å². The average molecular weight is 425 g/mol. The van der Waals surface area contributed by atoms with Crippen molar-refractivity contribution in [2.45, 2.75) is 83.0 Å². The fourth-order valence-corrected chi connectivity index (χ4v) is 4.18. The number of hydrogen-bond acceptors (Lipinski definition) is 2. The fraction of sp³-hybridized carbons (Fsp3) is 0.500. The van der Waals surface area contributed by atoms with Gasteiger partial charge in [-0.15, -0.1) is 11.8 Å². The first kappa shape index (κ1) is 24.6. The molecule has 0 amide bonds. The lowest BCUT2D eigenvalue weighted by molar-refractivity contribution is 0.304. The van der Waals surface area contributed by atoms with E-state index < -0.39 is 0 Å². The Morgan fingerprint density at radius 2 is 1.27 bits per heavy atom. The first-order chi connectivity index (χ1) is 14.8. The zero-order chi connectivity index (χ0) is 21.3. The summed E-state index contributed by atoms with van der Waals surface area (Å²) in [6.45, 7) is 5.33. The zero-order valence-electron chi connectivity index (χ0n) is 19.1. The number of rotatable bonds is 16. The minimum Gasteiger partial charge on any atom is -0.494 e. The fourth-order valence-electron chi connectivity index (χ4n) is 3.36. The summed E-state index contributed by atoms with van der Waals surface area (Å²) < 4.78 is 5.90. The maximum atomic E-state index is 5.90. The summed E-state index contributed by atoms with van der Waals surface area (Å²) in [6, 6.07) is 17.5. The Kier molecular flexibility index (Phi) is 13.2. The molecule has 0 aromatic heterocycles. The van der Waals surface area contributed by atoms with Gasteiger partial charge in [0.1, 0.15) is 5.75 Å². The number of ether oxygens (including phenoxy) is 1. The van der Waals surface area contributed by atoms with Crippen molar-refractivity contribution in [2.75, 3.05) is 12.4 Å². The Balaban J connectivity index is 1.68. The molecule has 0 atom stereocenters. The van der Waals surface area contributed by atoms with E-state index in [0.717, 1.165) is 31.0 Å². The largest absolute Gasteiger partial charge is 0.494 e. The predicted molar refractivity (Wildman–Crippen MR) is 135 cm³/mol. The Morgan fingerprint density at radius 3 is 1.97 bits per heavy atom. The van der Waals surface area contributed by atoms with Crippen LogP contribution < -0.4 is 4.74 Å². The molecule has 0 fully saturated rings. The maximum absolute atomic E-state index is 5.90. The predicted octanol–water partition coefficient (Wildman–Crippen LogP) is 9.32. The van der Waals surface area contributed by atoms with E-state index in [2.05, 4.69) is 74.5 Å². The Bertz CT molecular complexity index is 688. The zero-order valence-corrected chi connectivity index (χ0v) is 19.9. The molecule has 0 aliphatic rings. The highest BCUT2D eigenvalue weighted by molar-refractivity contribution is 7.99. The van der Waals surface area contributed by atoms with Gasteiger partial charge < -0.3 is 4.74 Å². The van der Waals surface area contributed by atoms with E-state index in [-0.39, 0.29) is 0 Å². The Hall–Kier alpha value is -1.67. The summed E-state index contributed by atoms with van der Waals surface area (Å²) in [6.07, 6.45) is 17.4. The van der Waals surface area contributed by atoms with Crippen molar-refractivity contribution in [2.24, 2.45) is 0 Å². The van der Waals surface area contributed by atoms with Crippen molar-refractivity contribution in [3.05, 3.63) is 60.7 Å². The number of thioether (sulfide) groups is 1. The molecule has 0 aliphatic carbocycles. The summed E-state index contributed by atoms with van der Waals surface area (Å²) in [5, 5.41) is 0. The van der Waals surface area contributed by atoms with Gasteiger partial charge in [0.05, 0.1) is 6.61 Å². The van der Waals surface area contributed by atoms with Crippen LogP contribution in [0.5, 0.6) is 5.75 Å². The molecule has 0 spiro atoms. The minimum atomic E-state index is 0.825. The van der Waals surface area contributed by atoms with Crippen LogP contribution >= 0.6 is 11.8 Å². The smallest absolute Gasteiger partial charge is 0.119 e. The molecular weight excluding hydrogens is 384 g/mol. The van der Waals surface area contributed by atoms with Gasteiger partial charge in [0.2, 0.25) is 0 Å². The SMILES string of the molecule is CCCC/C=C/CCSc1ccc(-c2ccc(OCCCCCCCC)cc2)cc1. The van der Waals surface area contributed by atoms with Crippen LogP contribution in [0.25, 0.3) is 11.1 Å². The summed E-state index contributed by atoms with van der Waals surface area (Å²) >= 11 is 1.94. The van der Waals surface area contributed by atoms with Crippen LogP contribution in [-0.4, -0.2) is 12.4 Å². The van der Waals surface area contributed by atoms with E-state index in [9.17, 15) is 0 Å². The second-order valence-electron chi connectivity index (χ2n) is 7.92. The van der Waals surface area contributed by atoms with E-state index in [0.29, 0.717) is 0 Å². The van der Waals surface area contributed by atoms with E-state index in [1.54, 1.807) is 0 Å². The standard InChI is InChI=1S/C28H40OS/c1-3-5-7-9-11-13-23-29-27-19-15-25(16-20-27)26-17-21-28(22-18-26)30-24-14-12-10-8-6-4-2/h10,12,15-22H,3-9,11,13-14,23-24H2,1-2H3/b12-10+. The van der Waals surface area contributed by atoms with Gasteiger partial charge in [-0.25, -0.2) is 0 Å². The minimum absolute atomic E-state index is 0.825. The number of benzene rings is 2. The second kappa shape index (κ2) is 16.1. The summed E-state index contributed by atoms with van der Waals surface area (Å²) in [7, 11) is 0. The Morgan fingerprint density at radius 1 is 0.667 bits per heavy atom. The van der Waals surface area contributed by atoms with Crippen molar-refractivity contribution >= 4 is 11.8 Å². The number of unbranched alkanes of at least 4 members (excludes halogenated alkanes) is 7. The highest BCUT2D eigenvalue weighted by Gasteiger charge is 2.01. The highest BCUT2D eigenvalue weighted by atomic mass is 32.2. The van der Waals surface area contributed by atoms with Gasteiger partial charge in [0.15, 0.2) is 0 Å². The van der Waals surface area contributed by atoms with Crippen LogP contribution in [0.1, 0.15) is 78.1 Å². The molecule has 0 aliphatic heterocycles. The maximum Gasteiger partial charge on any atom is 0.119 e. The van der Waals surface area contributed by atoms with E-state index >= 15 is 0 Å². The topological polar surface area (TPSA) is 9.23 Å². The summed E-state index contributed by atoms with van der Waals surface area (Å²) in [5.41, 5.74) is 2.51. The molecule has 2 aromatic rings. The molecule has 2 rings (SSSR count). The third-order valence-electron chi connectivity index (χ3n) is 5.25. The molecule has 0 saturated carbocycles. The van der Waals surface area contributed by atoms with Crippen molar-refractivity contribution in [3.63, 3.8) is 0 Å². The molecule has 30 heavy (non-hydrogen) atoms. The first-order valence-corrected chi connectivity index (χ1v) is 12.9. The lowest BCUT2D eigenvalue weighted by Gasteiger charge is -2.08. The molecule has 0 N–H and O–H groups in total. The van der Waals surface area contributed by atoms with Crippen molar-refractivity contribution in [1.82, 2.24) is 0 Å². The normalized spacial score (nSPS) is 11.3. The molecule has 0 bridgehead atoms. The van der Waals surface area contributed by atoms with Crippen LogP contribution in [0.15, 0.2) is 65.6 Å². The van der Waals surface area contributed by atoms with Crippen LogP contribution in [0.4, 0.5) is 0 Å². The molecule has 0 unspecified atom stereocenters. The molecule has 0 saturated heterocycles. The Labute approximate surface area is 189 Å². The first-order valence-electron chi connectivity index (χ1n) is 11.9. The number of allylic oxidation sites excluding steroid dienone is 2. The summed E-state index contributed by atoms with van der Waals surface area (Å²) in [5.74, 6) is 2.12. The molecule has 0 radical (unpaired) electrons. The van der Waals surface area contributed by atoms with Crippen molar-refractivity contribution in [3.8, 4) is 16.9 Å². The van der Waals surface area contributed by atoms with Crippen LogP contribution in [0.3, 0.4) is 0 Å². The lowest BCUT2D eigenvalue weighted by Crippen LogP contribution is -1.97. The van der Waals surface area contributed by atoms with Gasteiger partial charge in [0, 0.05) is 10.6 Å². The van der Waals surface area contributed by atoms with Gasteiger partial charge in [-0.3, -0.25) is 0 Å². The molecule has 2 heteroatoms. The van der Waals surface area contributed by atoms with Gasteiger partial charge in [-0.05, 0) is 54.7 Å². The second-order valence-corrected chi connectivity index (χ2v) is 9.08. The van der Waals surface area contributed by atoms with Gasteiger partial charge in [0.25, 0.3) is 0 Å². The average Bonchev–Trinajstić information content (AvgIpc) is 2.79. The number of hydrogen-bond donors (Lipinski definition) is 0. The van der Waals surface area contributed by atoms with Crippen molar-refractivity contribution in [1.29, 1.82) is 0 Å². The molecule has 164 valence electrons. The van der Waals surface area contributed by atoms with Crippen LogP contribution in [0, 0.1) is 0 Å². The van der Waals surface area contributed by atoms with E-state index in [1.165, 1.54) is 67.4 Å². The quantitative estimate of drug-likeness (QED) is 0.151. The van der Waals surface area contributed by atoms with Crippen LogP contribution in [0.2, 0.25) is 0 Å². The van der Waals surface area contributed by atoms with E-state index in [4.69, 9.17) is 4.74 Å². The lowest BCUT2D eigenvalue weighted by atomic mass is 10.1. The van der Waals surface area contributed by atoms with Crippen LogP contribution in [-0.2, 0) is 0 Å². The van der Waals surface area contributed by atoms with Crippen molar-refractivity contribution < 1.29 is 4.74 Å². The molecule has 0 heterocycles. The highest BCUT2D eigenvalue weighted by Crippen LogP contribution is 2.26.